The Labute approximate surface area is 235 Å². The maximum Gasteiger partial charge on any atom is 0.243 e. The Morgan fingerprint density at radius 2 is 1.39 bits per heavy atom. The molecule has 0 aliphatic heterocycles. The maximum atomic E-state index is 14.0. The highest BCUT2D eigenvalue weighted by Gasteiger charge is 2.41. The Morgan fingerprint density at radius 3 is 1.82 bits per heavy atom. The number of hydrogen-bond donors (Lipinski definition) is 0. The van der Waals surface area contributed by atoms with Crippen LogP contribution in [0.15, 0.2) is 41.3 Å². The first-order valence-corrected chi connectivity index (χ1v) is 20.9. The third kappa shape index (κ3) is 8.96. The summed E-state index contributed by atoms with van der Waals surface area (Å²) in [6.07, 6.45) is 4.11. The number of sulfonamides is 1. The monoisotopic (exact) mass is 583 g/mol. The summed E-state index contributed by atoms with van der Waals surface area (Å²) in [7, 11) is -7.91. The molecular formula is C29H53NO5SSi2. The fourth-order valence-corrected chi connectivity index (χ4v) is 7.91. The first-order chi connectivity index (χ1) is 17.1. The number of hydrogen-bond acceptors (Lipinski definition) is 5. The van der Waals surface area contributed by atoms with Crippen molar-refractivity contribution < 1.29 is 22.1 Å². The van der Waals surface area contributed by atoms with Gasteiger partial charge in [0.1, 0.15) is 6.29 Å². The molecule has 38 heavy (non-hydrogen) atoms. The van der Waals surface area contributed by atoms with Crippen molar-refractivity contribution in [2.24, 2.45) is 0 Å². The SMILES string of the molecule is CC(C)N([C@@H](C/C=C/C=O)CO[Si](C)(C)C(C)(C)C)S(=O)(=O)c1ccc([C@@H](C)O[Si](C)(C)C(C)(C)C)cc1. The molecule has 218 valence electrons. The minimum absolute atomic E-state index is 0.00324. The molecule has 1 aromatic rings. The minimum atomic E-state index is -3.83. The van der Waals surface area contributed by atoms with Crippen LogP contribution in [0.1, 0.15) is 80.4 Å². The maximum absolute atomic E-state index is 14.0. The highest BCUT2D eigenvalue weighted by molar-refractivity contribution is 7.89. The molecule has 0 aliphatic carbocycles. The van der Waals surface area contributed by atoms with Gasteiger partial charge in [-0.3, -0.25) is 4.79 Å². The highest BCUT2D eigenvalue weighted by Crippen LogP contribution is 2.40. The van der Waals surface area contributed by atoms with Crippen molar-refractivity contribution in [1.29, 1.82) is 0 Å². The Morgan fingerprint density at radius 1 is 0.895 bits per heavy atom. The molecule has 6 nitrogen and oxygen atoms in total. The van der Waals surface area contributed by atoms with Crippen molar-refractivity contribution in [3.63, 3.8) is 0 Å². The summed E-state index contributed by atoms with van der Waals surface area (Å²) in [6, 6.07) is 6.34. The van der Waals surface area contributed by atoms with E-state index in [-0.39, 0.29) is 33.7 Å². The van der Waals surface area contributed by atoms with Gasteiger partial charge >= 0.3 is 0 Å². The van der Waals surface area contributed by atoms with Crippen LogP contribution in [0.5, 0.6) is 0 Å². The van der Waals surface area contributed by atoms with E-state index in [9.17, 15) is 13.2 Å². The summed E-state index contributed by atoms with van der Waals surface area (Å²) in [6.45, 7) is 27.9. The number of carbonyl (C=O) groups excluding carboxylic acids is 1. The number of nitrogens with zero attached hydrogens (tertiary/aromatic N) is 1. The topological polar surface area (TPSA) is 72.9 Å². The molecule has 0 bridgehead atoms. The Balaban J connectivity index is 3.34. The molecule has 0 spiro atoms. The van der Waals surface area contributed by atoms with Gasteiger partial charge in [-0.2, -0.15) is 4.31 Å². The minimum Gasteiger partial charge on any atom is -0.415 e. The molecule has 0 aromatic heterocycles. The largest absolute Gasteiger partial charge is 0.415 e. The van der Waals surface area contributed by atoms with E-state index >= 15 is 0 Å². The molecule has 0 fully saturated rings. The van der Waals surface area contributed by atoms with Gasteiger partial charge in [0, 0.05) is 6.04 Å². The van der Waals surface area contributed by atoms with Crippen LogP contribution in [0, 0.1) is 0 Å². The highest BCUT2D eigenvalue weighted by atomic mass is 32.2. The van der Waals surface area contributed by atoms with Gasteiger partial charge in [0.2, 0.25) is 10.0 Å². The second-order valence-electron chi connectivity index (χ2n) is 13.5. The predicted octanol–water partition coefficient (Wildman–Crippen LogP) is 7.70. The van der Waals surface area contributed by atoms with E-state index in [1.807, 2.05) is 32.9 Å². The van der Waals surface area contributed by atoms with Crippen LogP contribution < -0.4 is 0 Å². The molecule has 2 atom stereocenters. The van der Waals surface area contributed by atoms with Gasteiger partial charge in [-0.25, -0.2) is 8.42 Å². The van der Waals surface area contributed by atoms with Crippen LogP contribution in [0.25, 0.3) is 0 Å². The van der Waals surface area contributed by atoms with Gasteiger partial charge in [0.15, 0.2) is 16.6 Å². The van der Waals surface area contributed by atoms with Crippen LogP contribution in [-0.2, 0) is 23.7 Å². The molecule has 0 N–H and O–H groups in total. The standard InChI is InChI=1S/C29H53NO5SSi2/c1-23(2)30(26(16-14-15-21-31)22-34-37(10,11)28(4,5)6)36(32,33)27-19-17-25(18-20-27)24(3)35-38(12,13)29(7,8)9/h14-15,17-21,23-24,26H,16,22H2,1-13H3/b15-14+/t24-,26+/m1/s1. The second-order valence-corrected chi connectivity index (χ2v) is 25.0. The summed E-state index contributed by atoms with van der Waals surface area (Å²) in [5.41, 5.74) is 0.955. The summed E-state index contributed by atoms with van der Waals surface area (Å²) in [4.78, 5) is 11.2. The van der Waals surface area contributed by atoms with E-state index in [0.29, 0.717) is 12.7 Å². The third-order valence-electron chi connectivity index (χ3n) is 8.14. The van der Waals surface area contributed by atoms with Crippen LogP contribution >= 0.6 is 0 Å². The van der Waals surface area contributed by atoms with E-state index in [1.165, 1.54) is 6.08 Å². The summed E-state index contributed by atoms with van der Waals surface area (Å²) >= 11 is 0. The lowest BCUT2D eigenvalue weighted by Gasteiger charge is -2.40. The van der Waals surface area contributed by atoms with E-state index in [4.69, 9.17) is 8.85 Å². The van der Waals surface area contributed by atoms with Gasteiger partial charge in [0.05, 0.1) is 23.6 Å². The van der Waals surface area contributed by atoms with Crippen molar-refractivity contribution in [2.45, 2.75) is 128 Å². The Bertz CT molecular complexity index is 1040. The van der Waals surface area contributed by atoms with Crippen molar-refractivity contribution in [3.05, 3.63) is 42.0 Å². The molecule has 1 rings (SSSR count). The molecule has 0 saturated heterocycles. The number of benzene rings is 1. The van der Waals surface area contributed by atoms with Crippen molar-refractivity contribution in [2.75, 3.05) is 6.61 Å². The zero-order valence-electron chi connectivity index (χ0n) is 26.1. The molecule has 9 heteroatoms. The molecule has 1 aromatic carbocycles. The van der Waals surface area contributed by atoms with E-state index in [1.54, 1.807) is 22.5 Å². The first kappa shape index (κ1) is 34.9. The number of allylic oxidation sites excluding steroid dienone is 1. The van der Waals surface area contributed by atoms with E-state index in [0.717, 1.165) is 5.56 Å². The molecule has 0 unspecified atom stereocenters. The van der Waals surface area contributed by atoms with Gasteiger partial charge < -0.3 is 8.85 Å². The van der Waals surface area contributed by atoms with Crippen LogP contribution in [-0.4, -0.2) is 54.3 Å². The van der Waals surface area contributed by atoms with Crippen molar-refractivity contribution >= 4 is 32.9 Å². The quantitative estimate of drug-likeness (QED) is 0.135. The van der Waals surface area contributed by atoms with Crippen LogP contribution in [0.2, 0.25) is 36.3 Å². The lowest BCUT2D eigenvalue weighted by molar-refractivity contribution is -0.104. The predicted molar refractivity (Wildman–Crippen MR) is 164 cm³/mol. The van der Waals surface area contributed by atoms with Crippen molar-refractivity contribution in [3.8, 4) is 0 Å². The number of aldehydes is 1. The summed E-state index contributed by atoms with van der Waals surface area (Å²) in [5, 5.41) is 0.0822. The fourth-order valence-electron chi connectivity index (χ4n) is 3.67. The summed E-state index contributed by atoms with van der Waals surface area (Å²) in [5.74, 6) is 0. The molecular weight excluding hydrogens is 531 g/mol. The molecule has 0 radical (unpaired) electrons. The lowest BCUT2D eigenvalue weighted by Crippen LogP contribution is -2.50. The Hall–Kier alpha value is -1.11. The van der Waals surface area contributed by atoms with Gasteiger partial charge in [-0.15, -0.1) is 0 Å². The van der Waals surface area contributed by atoms with Crippen molar-refractivity contribution in [1.82, 2.24) is 4.31 Å². The van der Waals surface area contributed by atoms with Gasteiger partial charge in [-0.1, -0.05) is 59.8 Å². The zero-order valence-corrected chi connectivity index (χ0v) is 28.9. The van der Waals surface area contributed by atoms with E-state index < -0.39 is 32.7 Å². The van der Waals surface area contributed by atoms with Crippen LogP contribution in [0.4, 0.5) is 0 Å². The average Bonchev–Trinajstić information content (AvgIpc) is 2.75. The number of carbonyl (C=O) groups is 1. The smallest absolute Gasteiger partial charge is 0.243 e. The number of rotatable bonds is 13. The van der Waals surface area contributed by atoms with Gasteiger partial charge in [-0.05, 0) is 87.2 Å². The normalized spacial score (nSPS) is 15.9. The summed E-state index contributed by atoms with van der Waals surface area (Å²) < 4.78 is 42.5. The average molecular weight is 584 g/mol. The lowest BCUT2D eigenvalue weighted by atomic mass is 10.1. The van der Waals surface area contributed by atoms with Crippen LogP contribution in [0.3, 0.4) is 0 Å². The zero-order chi connectivity index (χ0) is 29.7. The Kier molecular flexibility index (Phi) is 12.0. The molecule has 0 aliphatic rings. The molecule has 0 heterocycles. The third-order valence-corrected chi connectivity index (χ3v) is 19.3. The van der Waals surface area contributed by atoms with E-state index in [2.05, 4.69) is 67.7 Å². The fraction of sp³-hybridized carbons (Fsp3) is 0.690. The van der Waals surface area contributed by atoms with Gasteiger partial charge in [0.25, 0.3) is 0 Å². The second kappa shape index (κ2) is 13.0. The molecule has 0 saturated carbocycles. The molecule has 0 amide bonds. The first-order valence-electron chi connectivity index (χ1n) is 13.6.